The van der Waals surface area contributed by atoms with Gasteiger partial charge >= 0.3 is 0 Å². The number of ether oxygens (including phenoxy) is 2. The third kappa shape index (κ3) is 5.75. The van der Waals surface area contributed by atoms with Gasteiger partial charge in [0.1, 0.15) is 0 Å². The Bertz CT molecular complexity index is 358. The van der Waals surface area contributed by atoms with Crippen LogP contribution in [0.4, 0.5) is 0 Å². The highest BCUT2D eigenvalue weighted by Crippen LogP contribution is 2.17. The lowest BCUT2D eigenvalue weighted by Crippen LogP contribution is -2.16. The maximum absolute atomic E-state index is 11.8. The van der Waals surface area contributed by atoms with E-state index in [-0.39, 0.29) is 38.0 Å². The van der Waals surface area contributed by atoms with Gasteiger partial charge in [-0.1, -0.05) is 0 Å². The van der Waals surface area contributed by atoms with Crippen LogP contribution in [0.25, 0.3) is 0 Å². The number of ketones is 2. The van der Waals surface area contributed by atoms with Gasteiger partial charge in [-0.25, -0.2) is 0 Å². The predicted molar refractivity (Wildman–Crippen MR) is 71.2 cm³/mol. The second kappa shape index (κ2) is 9.55. The molecule has 0 amide bonds. The van der Waals surface area contributed by atoms with Gasteiger partial charge in [-0.15, -0.1) is 0 Å². The molecule has 0 bridgehead atoms. The molecular weight excluding hydrogens is 264 g/mol. The van der Waals surface area contributed by atoms with E-state index in [1.807, 2.05) is 0 Å². The normalized spacial score (nSPS) is 15.3. The highest BCUT2D eigenvalue weighted by Gasteiger charge is 2.19. The summed E-state index contributed by atoms with van der Waals surface area (Å²) < 4.78 is 10.1. The van der Waals surface area contributed by atoms with Crippen LogP contribution in [-0.2, 0) is 19.1 Å². The monoisotopic (exact) mass is 284 g/mol. The summed E-state index contributed by atoms with van der Waals surface area (Å²) in [6.45, 7) is 0.910. The van der Waals surface area contributed by atoms with Gasteiger partial charge < -0.3 is 19.7 Å². The average Bonchev–Trinajstić information content (AvgIpc) is 2.44. The number of rotatable bonds is 10. The fraction of sp³-hybridized carbons (Fsp3) is 0.571. The summed E-state index contributed by atoms with van der Waals surface area (Å²) in [6.07, 6.45) is 3.39. The molecule has 0 saturated carbocycles. The molecule has 0 aromatic carbocycles. The van der Waals surface area contributed by atoms with Crippen molar-refractivity contribution in [3.63, 3.8) is 0 Å². The van der Waals surface area contributed by atoms with Crippen LogP contribution in [0.1, 0.15) is 12.8 Å². The Morgan fingerprint density at radius 1 is 0.750 bits per heavy atom. The standard InChI is InChI=1S/C14H20O6/c15-3-7-19-5-1-11-9-14(18)12(10-13(11)17)2-6-20-8-4-16/h9-10,15-16H,1-8H2. The third-order valence-electron chi connectivity index (χ3n) is 2.75. The molecule has 0 radical (unpaired) electrons. The van der Waals surface area contributed by atoms with Crippen molar-refractivity contribution in [1.82, 2.24) is 0 Å². The number of carbonyl (C=O) groups is 2. The van der Waals surface area contributed by atoms with Gasteiger partial charge in [-0.3, -0.25) is 9.59 Å². The van der Waals surface area contributed by atoms with Gasteiger partial charge in [0.25, 0.3) is 0 Å². The van der Waals surface area contributed by atoms with Crippen LogP contribution in [0.15, 0.2) is 23.3 Å². The van der Waals surface area contributed by atoms with Gasteiger partial charge in [0.15, 0.2) is 11.6 Å². The Kier molecular flexibility index (Phi) is 7.98. The van der Waals surface area contributed by atoms with E-state index in [9.17, 15) is 9.59 Å². The molecule has 0 heterocycles. The molecule has 0 unspecified atom stereocenters. The van der Waals surface area contributed by atoms with Gasteiger partial charge in [-0.05, 0) is 25.0 Å². The number of allylic oxidation sites excluding steroid dienone is 2. The van der Waals surface area contributed by atoms with E-state index in [0.717, 1.165) is 0 Å². The lowest BCUT2D eigenvalue weighted by Gasteiger charge is -2.12. The van der Waals surface area contributed by atoms with Crippen molar-refractivity contribution in [3.8, 4) is 0 Å². The molecule has 0 spiro atoms. The van der Waals surface area contributed by atoms with Gasteiger partial charge in [-0.2, -0.15) is 0 Å². The number of hydrogen-bond acceptors (Lipinski definition) is 6. The third-order valence-corrected chi connectivity index (χ3v) is 2.75. The molecular formula is C14H20O6. The number of aliphatic hydroxyl groups is 2. The van der Waals surface area contributed by atoms with E-state index in [1.54, 1.807) is 0 Å². The zero-order valence-electron chi connectivity index (χ0n) is 11.3. The molecule has 0 aliphatic heterocycles. The Labute approximate surface area is 117 Å². The molecule has 1 aliphatic carbocycles. The van der Waals surface area contributed by atoms with E-state index < -0.39 is 0 Å². The summed E-state index contributed by atoms with van der Waals surface area (Å²) >= 11 is 0. The van der Waals surface area contributed by atoms with Crippen molar-refractivity contribution in [2.24, 2.45) is 0 Å². The minimum absolute atomic E-state index is 0.0657. The molecule has 6 nitrogen and oxygen atoms in total. The zero-order valence-corrected chi connectivity index (χ0v) is 11.3. The van der Waals surface area contributed by atoms with Crippen LogP contribution in [0.2, 0.25) is 0 Å². The molecule has 1 rings (SSSR count). The average molecular weight is 284 g/mol. The molecule has 0 aromatic rings. The molecule has 20 heavy (non-hydrogen) atoms. The van der Waals surface area contributed by atoms with Gasteiger partial charge in [0.05, 0.1) is 39.6 Å². The first-order valence-electron chi connectivity index (χ1n) is 6.56. The molecule has 2 N–H and O–H groups in total. The topological polar surface area (TPSA) is 93.1 Å². The molecule has 6 heteroatoms. The van der Waals surface area contributed by atoms with E-state index in [2.05, 4.69) is 0 Å². The summed E-state index contributed by atoms with van der Waals surface area (Å²) in [4.78, 5) is 23.6. The number of aliphatic hydroxyl groups excluding tert-OH is 2. The van der Waals surface area contributed by atoms with Crippen molar-refractivity contribution >= 4 is 11.6 Å². The summed E-state index contributed by atoms with van der Waals surface area (Å²) in [5.41, 5.74) is 0.848. The van der Waals surface area contributed by atoms with Crippen LogP contribution < -0.4 is 0 Å². The van der Waals surface area contributed by atoms with Crippen molar-refractivity contribution < 1.29 is 29.3 Å². The first kappa shape index (κ1) is 16.7. The Morgan fingerprint density at radius 3 is 1.50 bits per heavy atom. The van der Waals surface area contributed by atoms with Crippen molar-refractivity contribution in [3.05, 3.63) is 23.3 Å². The molecule has 0 atom stereocenters. The molecule has 112 valence electrons. The number of carbonyl (C=O) groups excluding carboxylic acids is 2. The largest absolute Gasteiger partial charge is 0.394 e. The highest BCUT2D eigenvalue weighted by molar-refractivity contribution is 6.19. The van der Waals surface area contributed by atoms with Crippen LogP contribution in [0.3, 0.4) is 0 Å². The maximum Gasteiger partial charge on any atom is 0.182 e. The van der Waals surface area contributed by atoms with Crippen LogP contribution >= 0.6 is 0 Å². The predicted octanol–water partition coefficient (Wildman–Crippen LogP) is -0.211. The Balaban J connectivity index is 2.41. The van der Waals surface area contributed by atoms with Gasteiger partial charge in [0.2, 0.25) is 0 Å². The lowest BCUT2D eigenvalue weighted by molar-refractivity contribution is -0.115. The van der Waals surface area contributed by atoms with Crippen molar-refractivity contribution in [2.45, 2.75) is 12.8 Å². The smallest absolute Gasteiger partial charge is 0.182 e. The minimum Gasteiger partial charge on any atom is -0.394 e. The first-order valence-corrected chi connectivity index (χ1v) is 6.56. The number of hydrogen-bond donors (Lipinski definition) is 2. The lowest BCUT2D eigenvalue weighted by atomic mass is 9.94. The van der Waals surface area contributed by atoms with E-state index >= 15 is 0 Å². The summed E-state index contributed by atoms with van der Waals surface area (Å²) in [5.74, 6) is -0.372. The summed E-state index contributed by atoms with van der Waals surface area (Å²) in [7, 11) is 0. The Hall–Kier alpha value is -1.34. The Morgan fingerprint density at radius 2 is 1.15 bits per heavy atom. The minimum atomic E-state index is -0.186. The highest BCUT2D eigenvalue weighted by atomic mass is 16.5. The fourth-order valence-electron chi connectivity index (χ4n) is 1.73. The van der Waals surface area contributed by atoms with Crippen molar-refractivity contribution in [1.29, 1.82) is 0 Å². The SMILES string of the molecule is O=C1C=C(CCOCCO)C(=O)C=C1CCOCCO. The second-order valence-electron chi connectivity index (χ2n) is 4.24. The quantitative estimate of drug-likeness (QED) is 0.426. The zero-order chi connectivity index (χ0) is 14.8. The van der Waals surface area contributed by atoms with Crippen LogP contribution in [0.5, 0.6) is 0 Å². The van der Waals surface area contributed by atoms with E-state index in [4.69, 9.17) is 19.7 Å². The maximum atomic E-state index is 11.8. The molecule has 1 aliphatic rings. The van der Waals surface area contributed by atoms with Gasteiger partial charge in [0, 0.05) is 11.1 Å². The van der Waals surface area contributed by atoms with E-state index in [0.29, 0.717) is 37.2 Å². The van der Waals surface area contributed by atoms with Crippen LogP contribution in [-0.4, -0.2) is 61.4 Å². The van der Waals surface area contributed by atoms with E-state index in [1.165, 1.54) is 12.2 Å². The first-order chi connectivity index (χ1) is 9.69. The van der Waals surface area contributed by atoms with Crippen molar-refractivity contribution in [2.75, 3.05) is 39.6 Å². The second-order valence-corrected chi connectivity index (χ2v) is 4.24. The molecule has 0 fully saturated rings. The summed E-state index contributed by atoms with van der Waals surface area (Å²) in [5, 5.41) is 17.1. The fourth-order valence-corrected chi connectivity index (χ4v) is 1.73. The summed E-state index contributed by atoms with van der Waals surface area (Å²) in [6, 6.07) is 0. The van der Waals surface area contributed by atoms with Crippen LogP contribution in [0, 0.1) is 0 Å². The molecule has 0 saturated heterocycles. The molecule has 0 aromatic heterocycles.